The van der Waals surface area contributed by atoms with E-state index in [2.05, 4.69) is 15.3 Å². The van der Waals surface area contributed by atoms with Gasteiger partial charge in [-0.3, -0.25) is 0 Å². The summed E-state index contributed by atoms with van der Waals surface area (Å²) in [4.78, 5) is 0. The van der Waals surface area contributed by atoms with Crippen LogP contribution in [0.25, 0.3) is 6.08 Å². The van der Waals surface area contributed by atoms with Gasteiger partial charge >= 0.3 is 0 Å². The van der Waals surface area contributed by atoms with Crippen LogP contribution in [0.1, 0.15) is 17.2 Å². The minimum Gasteiger partial charge on any atom is -0.202 e. The number of halogens is 1. The van der Waals surface area contributed by atoms with Gasteiger partial charge in [0.25, 0.3) is 0 Å². The van der Waals surface area contributed by atoms with Crippen molar-refractivity contribution in [2.24, 2.45) is 5.10 Å². The van der Waals surface area contributed by atoms with Crippen LogP contribution in [0, 0.1) is 13.8 Å². The van der Waals surface area contributed by atoms with Crippen molar-refractivity contribution in [1.29, 1.82) is 0 Å². The second-order valence-electron chi connectivity index (χ2n) is 3.79. The van der Waals surface area contributed by atoms with E-state index in [1.54, 1.807) is 10.9 Å². The lowest BCUT2D eigenvalue weighted by atomic mass is 10.2. The van der Waals surface area contributed by atoms with E-state index in [0.717, 1.165) is 17.2 Å². The van der Waals surface area contributed by atoms with Gasteiger partial charge in [-0.25, -0.2) is 4.68 Å². The van der Waals surface area contributed by atoms with Crippen molar-refractivity contribution in [1.82, 2.24) is 14.9 Å². The molecule has 0 aliphatic heterocycles. The average molecular weight is 261 g/mol. The predicted octanol–water partition coefficient (Wildman–Crippen LogP) is 3.01. The largest absolute Gasteiger partial charge is 0.202 e. The molecule has 0 radical (unpaired) electrons. The standard InChI is InChI=1S/C13H13ClN4/c1-10-16-17-11(2)18(10)15-9-13(14)8-12-6-4-3-5-7-12/h3-9H,1-2H3/b13-8+,15-9+. The van der Waals surface area contributed by atoms with Crippen LogP contribution >= 0.6 is 11.6 Å². The number of benzene rings is 1. The average Bonchev–Trinajstić information content (AvgIpc) is 2.68. The van der Waals surface area contributed by atoms with Crippen LogP contribution < -0.4 is 0 Å². The van der Waals surface area contributed by atoms with Crippen LogP contribution in [-0.4, -0.2) is 21.1 Å². The number of allylic oxidation sites excluding steroid dienone is 1. The highest BCUT2D eigenvalue weighted by Gasteiger charge is 2.01. The van der Waals surface area contributed by atoms with Gasteiger partial charge in [0.2, 0.25) is 0 Å². The fourth-order valence-corrected chi connectivity index (χ4v) is 1.66. The predicted molar refractivity (Wildman–Crippen MR) is 73.7 cm³/mol. The second-order valence-corrected chi connectivity index (χ2v) is 4.23. The number of hydrogen-bond donors (Lipinski definition) is 0. The maximum Gasteiger partial charge on any atom is 0.151 e. The van der Waals surface area contributed by atoms with Gasteiger partial charge in [-0.1, -0.05) is 41.9 Å². The molecule has 18 heavy (non-hydrogen) atoms. The summed E-state index contributed by atoms with van der Waals surface area (Å²) < 4.78 is 1.64. The number of hydrogen-bond acceptors (Lipinski definition) is 3. The lowest BCUT2D eigenvalue weighted by Gasteiger charge is -1.97. The van der Waals surface area contributed by atoms with Crippen LogP contribution in [-0.2, 0) is 0 Å². The van der Waals surface area contributed by atoms with Gasteiger partial charge in [0.05, 0.1) is 11.2 Å². The van der Waals surface area contributed by atoms with E-state index in [0.29, 0.717) is 5.03 Å². The summed E-state index contributed by atoms with van der Waals surface area (Å²) in [5.74, 6) is 1.46. The van der Waals surface area contributed by atoms with Crippen LogP contribution in [0.5, 0.6) is 0 Å². The molecule has 1 aromatic carbocycles. The first-order valence-corrected chi connectivity index (χ1v) is 5.90. The van der Waals surface area contributed by atoms with Crippen LogP contribution in [0.4, 0.5) is 0 Å². The molecule has 5 heteroatoms. The zero-order valence-corrected chi connectivity index (χ0v) is 11.0. The highest BCUT2D eigenvalue weighted by atomic mass is 35.5. The molecule has 0 aliphatic carbocycles. The Morgan fingerprint density at radius 3 is 2.39 bits per heavy atom. The van der Waals surface area contributed by atoms with Crippen molar-refractivity contribution in [3.63, 3.8) is 0 Å². The summed E-state index contributed by atoms with van der Waals surface area (Å²) in [6, 6.07) is 9.84. The fraction of sp³-hybridized carbons (Fsp3) is 0.154. The summed E-state index contributed by atoms with van der Waals surface area (Å²) in [5.41, 5.74) is 1.03. The molecule has 0 amide bonds. The van der Waals surface area contributed by atoms with E-state index < -0.39 is 0 Å². The molecule has 2 rings (SSSR count). The Morgan fingerprint density at radius 2 is 1.78 bits per heavy atom. The van der Waals surface area contributed by atoms with E-state index in [1.807, 2.05) is 50.3 Å². The van der Waals surface area contributed by atoms with E-state index in [1.165, 1.54) is 0 Å². The zero-order valence-electron chi connectivity index (χ0n) is 10.2. The Bertz CT molecular complexity index is 565. The Hall–Kier alpha value is -1.94. The normalized spacial score (nSPS) is 12.3. The molecular weight excluding hydrogens is 248 g/mol. The first kappa shape index (κ1) is 12.5. The van der Waals surface area contributed by atoms with Crippen molar-refractivity contribution in [2.75, 3.05) is 0 Å². The summed E-state index contributed by atoms with van der Waals surface area (Å²) in [6.07, 6.45) is 3.43. The van der Waals surface area contributed by atoms with E-state index in [4.69, 9.17) is 11.6 Å². The molecule has 2 aromatic rings. The van der Waals surface area contributed by atoms with Crippen LogP contribution in [0.3, 0.4) is 0 Å². The van der Waals surface area contributed by atoms with E-state index in [9.17, 15) is 0 Å². The summed E-state index contributed by atoms with van der Waals surface area (Å²) >= 11 is 6.09. The third kappa shape index (κ3) is 3.05. The molecular formula is C13H13ClN4. The lowest BCUT2D eigenvalue weighted by molar-refractivity contribution is 0.799. The lowest BCUT2D eigenvalue weighted by Crippen LogP contribution is -1.95. The van der Waals surface area contributed by atoms with Crippen molar-refractivity contribution in [3.8, 4) is 0 Å². The maximum atomic E-state index is 6.09. The van der Waals surface area contributed by atoms with E-state index in [-0.39, 0.29) is 0 Å². The first-order chi connectivity index (χ1) is 8.66. The summed E-state index contributed by atoms with van der Waals surface area (Å²) in [7, 11) is 0. The molecule has 0 aliphatic rings. The minimum absolute atomic E-state index is 0.550. The monoisotopic (exact) mass is 260 g/mol. The molecule has 92 valence electrons. The van der Waals surface area contributed by atoms with Crippen molar-refractivity contribution >= 4 is 23.9 Å². The Labute approximate surface area is 111 Å². The summed E-state index contributed by atoms with van der Waals surface area (Å²) in [6.45, 7) is 3.68. The van der Waals surface area contributed by atoms with Crippen molar-refractivity contribution < 1.29 is 0 Å². The molecule has 0 unspecified atom stereocenters. The van der Waals surface area contributed by atoms with Crippen LogP contribution in [0.2, 0.25) is 0 Å². The maximum absolute atomic E-state index is 6.09. The van der Waals surface area contributed by atoms with Crippen molar-refractivity contribution in [2.45, 2.75) is 13.8 Å². The summed E-state index contributed by atoms with van der Waals surface area (Å²) in [5, 5.41) is 12.6. The van der Waals surface area contributed by atoms with Crippen molar-refractivity contribution in [3.05, 3.63) is 52.6 Å². The van der Waals surface area contributed by atoms with Gasteiger partial charge in [-0.15, -0.1) is 10.2 Å². The highest BCUT2D eigenvalue weighted by Crippen LogP contribution is 2.08. The van der Waals surface area contributed by atoms with E-state index >= 15 is 0 Å². The van der Waals surface area contributed by atoms with Gasteiger partial charge in [-0.2, -0.15) is 5.10 Å². The zero-order chi connectivity index (χ0) is 13.0. The fourth-order valence-electron chi connectivity index (χ4n) is 1.49. The highest BCUT2D eigenvalue weighted by molar-refractivity contribution is 6.41. The molecule has 0 N–H and O–H groups in total. The molecule has 0 fully saturated rings. The van der Waals surface area contributed by atoms with Gasteiger partial charge in [-0.05, 0) is 25.5 Å². The molecule has 0 atom stereocenters. The molecule has 0 spiro atoms. The number of rotatable bonds is 3. The smallest absolute Gasteiger partial charge is 0.151 e. The first-order valence-electron chi connectivity index (χ1n) is 5.52. The van der Waals surface area contributed by atoms with Gasteiger partial charge in [0.1, 0.15) is 0 Å². The molecule has 4 nitrogen and oxygen atoms in total. The quantitative estimate of drug-likeness (QED) is 0.796. The molecule has 1 aromatic heterocycles. The third-order valence-corrected chi connectivity index (χ3v) is 2.56. The Balaban J connectivity index is 2.17. The van der Waals surface area contributed by atoms with Gasteiger partial charge < -0.3 is 0 Å². The Morgan fingerprint density at radius 1 is 1.17 bits per heavy atom. The van der Waals surface area contributed by atoms with Gasteiger partial charge in [0, 0.05) is 0 Å². The SMILES string of the molecule is Cc1nnc(C)n1/N=C/C(Cl)=C\c1ccccc1. The van der Waals surface area contributed by atoms with Gasteiger partial charge in [0.15, 0.2) is 11.6 Å². The second kappa shape index (κ2) is 5.60. The minimum atomic E-state index is 0.550. The molecule has 0 bridgehead atoms. The number of aryl methyl sites for hydroxylation is 2. The third-order valence-electron chi connectivity index (χ3n) is 2.35. The van der Waals surface area contributed by atoms with Crippen LogP contribution in [0.15, 0.2) is 40.5 Å². The number of aromatic nitrogens is 3. The molecule has 0 saturated heterocycles. The molecule has 0 saturated carbocycles. The Kier molecular flexibility index (Phi) is 3.89. The number of nitrogens with zero attached hydrogens (tertiary/aromatic N) is 4. The topological polar surface area (TPSA) is 43.1 Å². The molecule has 1 heterocycles.